The molecule has 1 aromatic heterocycles. The number of fused-ring (bicyclic) bond motifs is 1. The second-order valence-electron chi connectivity index (χ2n) is 9.08. The maximum atomic E-state index is 11.8. The van der Waals surface area contributed by atoms with E-state index in [2.05, 4.69) is 15.0 Å². The predicted molar refractivity (Wildman–Crippen MR) is 132 cm³/mol. The van der Waals surface area contributed by atoms with Gasteiger partial charge in [0.05, 0.1) is 6.26 Å². The third-order valence-corrected chi connectivity index (χ3v) is 7.87. The summed E-state index contributed by atoms with van der Waals surface area (Å²) in [6.45, 7) is 4.44. The number of hydrogen-bond acceptors (Lipinski definition) is 7. The highest BCUT2D eigenvalue weighted by atomic mass is 32.2. The maximum absolute atomic E-state index is 11.8. The van der Waals surface area contributed by atoms with Crippen LogP contribution in [-0.2, 0) is 29.4 Å². The molecule has 182 valence electrons. The molecule has 4 rings (SSSR count). The lowest BCUT2D eigenvalue weighted by Crippen LogP contribution is -2.37. The Hall–Kier alpha value is -2.85. The van der Waals surface area contributed by atoms with Crippen molar-refractivity contribution in [3.05, 3.63) is 47.3 Å². The summed E-state index contributed by atoms with van der Waals surface area (Å²) in [5.41, 5.74) is 3.52. The summed E-state index contributed by atoms with van der Waals surface area (Å²) in [5, 5.41) is 20.1. The Morgan fingerprint density at radius 1 is 1.18 bits per heavy atom. The monoisotopic (exact) mass is 484 g/mol. The van der Waals surface area contributed by atoms with Gasteiger partial charge in [-0.05, 0) is 67.0 Å². The molecule has 0 aliphatic carbocycles. The number of rotatable bonds is 7. The van der Waals surface area contributed by atoms with Crippen LogP contribution < -0.4 is 0 Å². The van der Waals surface area contributed by atoms with Crippen molar-refractivity contribution >= 4 is 21.6 Å². The fourth-order valence-corrected chi connectivity index (χ4v) is 5.23. The van der Waals surface area contributed by atoms with E-state index in [1.54, 1.807) is 12.2 Å². The van der Waals surface area contributed by atoms with E-state index in [1.807, 2.05) is 25.1 Å². The SMILES string of the molecule is CCC(=N)/C=C\C(=N)N1CCC(Cc2noc(-c3ccc4c(c3)CCN(S(C)(=O)=O)C4)n2)CC1. The Labute approximate surface area is 200 Å². The number of piperidine rings is 1. The van der Waals surface area contributed by atoms with Gasteiger partial charge in [0.2, 0.25) is 10.0 Å². The van der Waals surface area contributed by atoms with Gasteiger partial charge in [-0.3, -0.25) is 5.41 Å². The van der Waals surface area contributed by atoms with E-state index >= 15 is 0 Å². The molecule has 0 amide bonds. The second kappa shape index (κ2) is 10.2. The average Bonchev–Trinajstić information content (AvgIpc) is 3.30. The largest absolute Gasteiger partial charge is 0.357 e. The van der Waals surface area contributed by atoms with Crippen molar-refractivity contribution in [2.24, 2.45) is 5.92 Å². The summed E-state index contributed by atoms with van der Waals surface area (Å²) in [5.74, 6) is 2.09. The quantitative estimate of drug-likeness (QED) is 0.459. The van der Waals surface area contributed by atoms with Gasteiger partial charge in [0.15, 0.2) is 5.82 Å². The minimum absolute atomic E-state index is 0.399. The zero-order valence-corrected chi connectivity index (χ0v) is 20.6. The van der Waals surface area contributed by atoms with Crippen LogP contribution in [0.2, 0.25) is 0 Å². The molecule has 2 aliphatic heterocycles. The van der Waals surface area contributed by atoms with Crippen molar-refractivity contribution in [1.82, 2.24) is 19.3 Å². The molecule has 34 heavy (non-hydrogen) atoms. The van der Waals surface area contributed by atoms with Gasteiger partial charge in [-0.1, -0.05) is 18.1 Å². The number of nitrogens with one attached hydrogen (secondary N) is 2. The van der Waals surface area contributed by atoms with Gasteiger partial charge in [0.25, 0.3) is 5.89 Å². The summed E-state index contributed by atoms with van der Waals surface area (Å²) in [7, 11) is -3.19. The van der Waals surface area contributed by atoms with Crippen molar-refractivity contribution in [1.29, 1.82) is 10.8 Å². The molecular weight excluding hydrogens is 452 g/mol. The minimum Gasteiger partial charge on any atom is -0.357 e. The summed E-state index contributed by atoms with van der Waals surface area (Å²) < 4.78 is 30.7. The first-order valence-corrected chi connectivity index (χ1v) is 13.6. The lowest BCUT2D eigenvalue weighted by Gasteiger charge is -2.32. The first-order valence-electron chi connectivity index (χ1n) is 11.7. The molecule has 0 spiro atoms. The lowest BCUT2D eigenvalue weighted by molar-refractivity contribution is 0.261. The van der Waals surface area contributed by atoms with Crippen LogP contribution in [0.25, 0.3) is 11.5 Å². The predicted octanol–water partition coefficient (Wildman–Crippen LogP) is 3.27. The number of amidine groups is 1. The molecule has 2 aliphatic rings. The molecular formula is C24H32N6O3S. The van der Waals surface area contributed by atoms with Crippen molar-refractivity contribution in [2.75, 3.05) is 25.9 Å². The Morgan fingerprint density at radius 3 is 2.65 bits per heavy atom. The number of sulfonamides is 1. The molecule has 1 aromatic carbocycles. The molecule has 0 unspecified atom stereocenters. The summed E-state index contributed by atoms with van der Waals surface area (Å²) in [6.07, 6.45) is 8.67. The van der Waals surface area contributed by atoms with Crippen molar-refractivity contribution in [2.45, 2.75) is 45.6 Å². The zero-order chi connectivity index (χ0) is 24.3. The fourth-order valence-electron chi connectivity index (χ4n) is 4.44. The topological polar surface area (TPSA) is 127 Å². The second-order valence-corrected chi connectivity index (χ2v) is 11.1. The van der Waals surface area contributed by atoms with E-state index < -0.39 is 10.0 Å². The van der Waals surface area contributed by atoms with Gasteiger partial charge >= 0.3 is 0 Å². The fraction of sp³-hybridized carbons (Fsp3) is 0.500. The molecule has 0 atom stereocenters. The highest BCUT2D eigenvalue weighted by Gasteiger charge is 2.25. The molecule has 0 bridgehead atoms. The Kier molecular flexibility index (Phi) is 7.27. The highest BCUT2D eigenvalue weighted by Crippen LogP contribution is 2.27. The molecule has 2 aromatic rings. The number of aromatic nitrogens is 2. The van der Waals surface area contributed by atoms with Crippen LogP contribution in [0, 0.1) is 16.7 Å². The van der Waals surface area contributed by atoms with Gasteiger partial charge in [0.1, 0.15) is 5.84 Å². The summed E-state index contributed by atoms with van der Waals surface area (Å²) in [4.78, 5) is 6.67. The van der Waals surface area contributed by atoms with Gasteiger partial charge in [-0.15, -0.1) is 0 Å². The Bertz CT molecular complexity index is 1200. The lowest BCUT2D eigenvalue weighted by atomic mass is 9.93. The molecule has 1 saturated heterocycles. The van der Waals surface area contributed by atoms with E-state index in [1.165, 1.54) is 10.6 Å². The number of benzene rings is 1. The highest BCUT2D eigenvalue weighted by molar-refractivity contribution is 7.88. The van der Waals surface area contributed by atoms with Gasteiger partial charge in [-0.2, -0.15) is 9.29 Å². The molecule has 0 radical (unpaired) electrons. The summed E-state index contributed by atoms with van der Waals surface area (Å²) >= 11 is 0. The molecule has 9 nitrogen and oxygen atoms in total. The van der Waals surface area contributed by atoms with E-state index in [-0.39, 0.29) is 0 Å². The van der Waals surface area contributed by atoms with Crippen LogP contribution in [0.4, 0.5) is 0 Å². The average molecular weight is 485 g/mol. The zero-order valence-electron chi connectivity index (χ0n) is 19.7. The maximum Gasteiger partial charge on any atom is 0.257 e. The standard InChI is InChI=1S/C24H32N6O3S/c1-3-21(25)6-7-22(26)29-11-8-17(9-12-29)14-23-27-24(33-28-23)19-4-5-20-16-30(34(2,31)32)13-10-18(20)15-19/h4-7,15,17,25-26H,3,8-14,16H2,1-2H3/b7-6-,25-21?,26-22?. The van der Waals surface area contributed by atoms with Crippen LogP contribution >= 0.6 is 0 Å². The molecule has 1 fully saturated rings. The third-order valence-electron chi connectivity index (χ3n) is 6.62. The molecule has 0 saturated carbocycles. The van der Waals surface area contributed by atoms with Crippen LogP contribution in [-0.4, -0.2) is 65.2 Å². The van der Waals surface area contributed by atoms with Crippen LogP contribution in [0.3, 0.4) is 0 Å². The third kappa shape index (κ3) is 5.79. The van der Waals surface area contributed by atoms with E-state index in [0.29, 0.717) is 55.1 Å². The Balaban J connectivity index is 1.33. The van der Waals surface area contributed by atoms with Crippen LogP contribution in [0.1, 0.15) is 43.1 Å². The summed E-state index contributed by atoms with van der Waals surface area (Å²) in [6, 6.07) is 5.90. The number of allylic oxidation sites excluding steroid dienone is 1. The van der Waals surface area contributed by atoms with E-state index in [4.69, 9.17) is 15.3 Å². The van der Waals surface area contributed by atoms with Crippen LogP contribution in [0.5, 0.6) is 0 Å². The smallest absolute Gasteiger partial charge is 0.257 e. The normalized spacial score (nSPS) is 17.8. The van der Waals surface area contributed by atoms with Gasteiger partial charge < -0.3 is 14.8 Å². The van der Waals surface area contributed by atoms with Crippen LogP contribution in [0.15, 0.2) is 34.9 Å². The number of hydrogen-bond donors (Lipinski definition) is 2. The molecule has 10 heteroatoms. The van der Waals surface area contributed by atoms with E-state index in [9.17, 15) is 8.42 Å². The molecule has 3 heterocycles. The van der Waals surface area contributed by atoms with Crippen molar-refractivity contribution < 1.29 is 12.9 Å². The number of likely N-dealkylation sites (tertiary alicyclic amines) is 1. The van der Waals surface area contributed by atoms with Gasteiger partial charge in [0, 0.05) is 43.9 Å². The van der Waals surface area contributed by atoms with Crippen molar-refractivity contribution in [3.8, 4) is 11.5 Å². The van der Waals surface area contributed by atoms with Crippen molar-refractivity contribution in [3.63, 3.8) is 0 Å². The van der Waals surface area contributed by atoms with Gasteiger partial charge in [-0.25, -0.2) is 8.42 Å². The molecule has 2 N–H and O–H groups in total. The van der Waals surface area contributed by atoms with E-state index in [0.717, 1.165) is 49.0 Å². The Morgan fingerprint density at radius 2 is 1.94 bits per heavy atom. The minimum atomic E-state index is -3.19. The first-order chi connectivity index (χ1) is 16.2. The first kappa shape index (κ1) is 24.3. The number of nitrogens with zero attached hydrogens (tertiary/aromatic N) is 4.